The molecule has 0 bridgehead atoms. The van der Waals surface area contributed by atoms with Crippen LogP contribution in [-0.2, 0) is 21.9 Å². The van der Waals surface area contributed by atoms with Gasteiger partial charge in [0.2, 0.25) is 5.95 Å². The monoisotopic (exact) mass is 537 g/mol. The van der Waals surface area contributed by atoms with Crippen molar-refractivity contribution in [2.24, 2.45) is 5.73 Å². The minimum atomic E-state index is -4.63. The molecule has 4 rings (SSSR count). The van der Waals surface area contributed by atoms with Gasteiger partial charge in [-0.05, 0) is 51.5 Å². The van der Waals surface area contributed by atoms with Gasteiger partial charge in [-0.3, -0.25) is 0 Å². The van der Waals surface area contributed by atoms with E-state index in [2.05, 4.69) is 20.3 Å². The standard InChI is InChI=1S/C26H35F3N5O2P/c1-16(36-13-12-30)8-9-17-10-11-19-20(14-31-23(19)24(17)37(2,3)35)22-21(26(27,28)29)15-32-25(34-22)33-18-6-4-5-7-18/h10-11,14-16,18,31H,4-9,12-13,30H2,1-3H3,(H,32,33,34). The Kier molecular flexibility index (Phi) is 8.31. The van der Waals surface area contributed by atoms with Gasteiger partial charge >= 0.3 is 6.18 Å². The molecule has 37 heavy (non-hydrogen) atoms. The molecule has 0 spiro atoms. The van der Waals surface area contributed by atoms with Gasteiger partial charge in [-0.1, -0.05) is 25.0 Å². The highest BCUT2D eigenvalue weighted by Gasteiger charge is 2.36. The van der Waals surface area contributed by atoms with Crippen LogP contribution in [0, 0.1) is 0 Å². The lowest BCUT2D eigenvalue weighted by atomic mass is 10.0. The van der Waals surface area contributed by atoms with Crippen LogP contribution in [0.2, 0.25) is 0 Å². The van der Waals surface area contributed by atoms with Gasteiger partial charge in [0.15, 0.2) is 0 Å². The molecule has 2 aromatic heterocycles. The number of H-pyrrole nitrogens is 1. The van der Waals surface area contributed by atoms with E-state index in [9.17, 15) is 17.7 Å². The number of aromatic nitrogens is 3. The molecule has 0 radical (unpaired) electrons. The normalized spacial score (nSPS) is 16.0. The van der Waals surface area contributed by atoms with Crippen LogP contribution in [0.5, 0.6) is 0 Å². The molecule has 1 aromatic carbocycles. The van der Waals surface area contributed by atoms with Crippen molar-refractivity contribution in [2.45, 2.75) is 63.8 Å². The van der Waals surface area contributed by atoms with Crippen molar-refractivity contribution in [1.82, 2.24) is 15.0 Å². The summed E-state index contributed by atoms with van der Waals surface area (Å²) >= 11 is 0. The van der Waals surface area contributed by atoms with E-state index in [1.807, 2.05) is 13.0 Å². The molecule has 4 N–H and O–H groups in total. The third-order valence-electron chi connectivity index (χ3n) is 6.83. The highest BCUT2D eigenvalue weighted by molar-refractivity contribution is 7.70. The van der Waals surface area contributed by atoms with Crippen LogP contribution in [0.15, 0.2) is 24.5 Å². The Labute approximate surface area is 215 Å². The van der Waals surface area contributed by atoms with E-state index < -0.39 is 18.9 Å². The SMILES string of the molecule is CC(CCc1ccc2c(-c3nc(NC4CCCC4)ncc3C(F)(F)F)c[nH]c2c1P(C)(C)=O)OCCN. The molecule has 1 aliphatic rings. The number of benzene rings is 1. The van der Waals surface area contributed by atoms with E-state index in [0.29, 0.717) is 47.8 Å². The van der Waals surface area contributed by atoms with Gasteiger partial charge < -0.3 is 25.3 Å². The number of hydrogen-bond donors (Lipinski definition) is 3. The van der Waals surface area contributed by atoms with E-state index in [-0.39, 0.29) is 23.8 Å². The Morgan fingerprint density at radius 1 is 1.27 bits per heavy atom. The number of anilines is 1. The fourth-order valence-corrected chi connectivity index (χ4v) is 6.67. The summed E-state index contributed by atoms with van der Waals surface area (Å²) in [5, 5.41) is 4.39. The minimum absolute atomic E-state index is 0.0273. The van der Waals surface area contributed by atoms with Gasteiger partial charge in [0.25, 0.3) is 0 Å². The summed E-state index contributed by atoms with van der Waals surface area (Å²) < 4.78 is 61.1. The molecule has 0 aliphatic heterocycles. The van der Waals surface area contributed by atoms with Gasteiger partial charge in [0, 0.05) is 41.2 Å². The van der Waals surface area contributed by atoms with E-state index in [4.69, 9.17) is 10.5 Å². The summed E-state index contributed by atoms with van der Waals surface area (Å²) in [6.45, 7) is 6.21. The summed E-state index contributed by atoms with van der Waals surface area (Å²) in [7, 11) is -2.79. The largest absolute Gasteiger partial charge is 0.419 e. The van der Waals surface area contributed by atoms with Gasteiger partial charge in [-0.2, -0.15) is 13.2 Å². The zero-order valence-corrected chi connectivity index (χ0v) is 22.4. The number of hydrogen-bond acceptors (Lipinski definition) is 6. The smallest absolute Gasteiger partial charge is 0.377 e. The quantitative estimate of drug-likeness (QED) is 0.293. The average molecular weight is 538 g/mol. The molecule has 1 saturated carbocycles. The third kappa shape index (κ3) is 6.36. The highest BCUT2D eigenvalue weighted by Crippen LogP contribution is 2.43. The Morgan fingerprint density at radius 3 is 2.65 bits per heavy atom. The lowest BCUT2D eigenvalue weighted by Crippen LogP contribution is -2.18. The lowest BCUT2D eigenvalue weighted by Gasteiger charge is -2.18. The van der Waals surface area contributed by atoms with Crippen molar-refractivity contribution in [2.75, 3.05) is 31.8 Å². The van der Waals surface area contributed by atoms with E-state index in [1.165, 1.54) is 6.20 Å². The molecule has 2 heterocycles. The molecular weight excluding hydrogens is 502 g/mol. The fraction of sp³-hybridized carbons (Fsp3) is 0.538. The average Bonchev–Trinajstić information content (AvgIpc) is 3.49. The van der Waals surface area contributed by atoms with Crippen molar-refractivity contribution >= 4 is 29.3 Å². The van der Waals surface area contributed by atoms with Crippen molar-refractivity contribution in [3.8, 4) is 11.3 Å². The molecule has 0 saturated heterocycles. The number of nitrogens with two attached hydrogens (primary N) is 1. The van der Waals surface area contributed by atoms with E-state index >= 15 is 0 Å². The number of fused-ring (bicyclic) bond motifs is 1. The van der Waals surface area contributed by atoms with Crippen LogP contribution in [0.1, 0.15) is 50.2 Å². The summed E-state index contributed by atoms with van der Waals surface area (Å²) in [6.07, 6.45) is 3.07. The van der Waals surface area contributed by atoms with Crippen LogP contribution < -0.4 is 16.4 Å². The van der Waals surface area contributed by atoms with Gasteiger partial charge in [0.1, 0.15) is 12.7 Å². The third-order valence-corrected chi connectivity index (χ3v) is 8.42. The number of aryl methyl sites for hydroxylation is 1. The molecule has 1 fully saturated rings. The van der Waals surface area contributed by atoms with Crippen LogP contribution >= 0.6 is 7.14 Å². The first-order chi connectivity index (χ1) is 17.5. The first-order valence-electron chi connectivity index (χ1n) is 12.7. The fourth-order valence-electron chi connectivity index (χ4n) is 5.07. The number of aromatic amines is 1. The Bertz CT molecular complexity index is 1280. The first-order valence-corrected chi connectivity index (χ1v) is 15.3. The molecule has 3 aromatic rings. The van der Waals surface area contributed by atoms with Crippen LogP contribution in [0.25, 0.3) is 22.2 Å². The zero-order chi connectivity index (χ0) is 26.8. The summed E-state index contributed by atoms with van der Waals surface area (Å²) in [6, 6.07) is 3.80. The molecule has 11 heteroatoms. The summed E-state index contributed by atoms with van der Waals surface area (Å²) in [4.78, 5) is 11.4. The second kappa shape index (κ2) is 11.1. The molecule has 7 nitrogen and oxygen atoms in total. The maximum Gasteiger partial charge on any atom is 0.419 e. The summed E-state index contributed by atoms with van der Waals surface area (Å²) in [5.74, 6) is 0.184. The predicted molar refractivity (Wildman–Crippen MR) is 142 cm³/mol. The van der Waals surface area contributed by atoms with Crippen molar-refractivity contribution in [1.29, 1.82) is 0 Å². The Balaban J connectivity index is 1.77. The van der Waals surface area contributed by atoms with Crippen molar-refractivity contribution < 1.29 is 22.5 Å². The number of rotatable bonds is 10. The molecule has 202 valence electrons. The zero-order valence-electron chi connectivity index (χ0n) is 21.5. The highest BCUT2D eigenvalue weighted by atomic mass is 31.2. The second-order valence-electron chi connectivity index (χ2n) is 10.1. The van der Waals surface area contributed by atoms with Crippen LogP contribution in [-0.4, -0.2) is 53.6 Å². The van der Waals surface area contributed by atoms with Gasteiger partial charge in [-0.15, -0.1) is 0 Å². The minimum Gasteiger partial charge on any atom is -0.377 e. The molecule has 0 amide bonds. The maximum absolute atomic E-state index is 14.0. The first kappa shape index (κ1) is 27.6. The molecule has 1 atom stereocenters. The Hall–Kier alpha value is -2.42. The van der Waals surface area contributed by atoms with Gasteiger partial charge in [-0.25, -0.2) is 9.97 Å². The van der Waals surface area contributed by atoms with Crippen molar-refractivity contribution in [3.05, 3.63) is 35.7 Å². The summed E-state index contributed by atoms with van der Waals surface area (Å²) in [5.41, 5.74) is 6.19. The van der Waals surface area contributed by atoms with Gasteiger partial charge in [0.05, 0.1) is 23.9 Å². The van der Waals surface area contributed by atoms with Crippen LogP contribution in [0.3, 0.4) is 0 Å². The number of nitrogens with zero attached hydrogens (tertiary/aromatic N) is 2. The second-order valence-corrected chi connectivity index (χ2v) is 13.3. The number of nitrogens with one attached hydrogen (secondary N) is 2. The molecule has 1 aliphatic carbocycles. The molecular formula is C26H35F3N5O2P. The number of halogens is 3. The van der Waals surface area contributed by atoms with E-state index in [0.717, 1.165) is 37.4 Å². The Morgan fingerprint density at radius 2 is 2.00 bits per heavy atom. The van der Waals surface area contributed by atoms with Crippen molar-refractivity contribution in [3.63, 3.8) is 0 Å². The lowest BCUT2D eigenvalue weighted by molar-refractivity contribution is -0.137. The van der Waals surface area contributed by atoms with E-state index in [1.54, 1.807) is 19.4 Å². The topological polar surface area (TPSA) is 106 Å². The molecule has 1 unspecified atom stereocenters. The number of ether oxygens (including phenoxy) is 1. The van der Waals surface area contributed by atoms with Crippen LogP contribution in [0.4, 0.5) is 19.1 Å². The number of alkyl halides is 3. The predicted octanol–water partition coefficient (Wildman–Crippen LogP) is 5.54. The maximum atomic E-state index is 14.0.